The molecule has 3 rings (SSSR count). The van der Waals surface area contributed by atoms with Crippen molar-refractivity contribution in [1.29, 1.82) is 0 Å². The van der Waals surface area contributed by atoms with Crippen LogP contribution in [0, 0.1) is 17.3 Å². The van der Waals surface area contributed by atoms with Crippen molar-refractivity contribution < 1.29 is 4.74 Å². The molecule has 2 saturated carbocycles. The summed E-state index contributed by atoms with van der Waals surface area (Å²) in [5.41, 5.74) is 6.72. The summed E-state index contributed by atoms with van der Waals surface area (Å²) in [5.74, 6) is 1.58. The molecule has 3 nitrogen and oxygen atoms in total. The minimum absolute atomic E-state index is 0.0578. The summed E-state index contributed by atoms with van der Waals surface area (Å²) in [6.07, 6.45) is 5.77. The molecule has 1 saturated heterocycles. The van der Waals surface area contributed by atoms with Crippen molar-refractivity contribution in [1.82, 2.24) is 5.32 Å². The summed E-state index contributed by atoms with van der Waals surface area (Å²) in [6.45, 7) is 7.53. The maximum atomic E-state index is 6.66. The Kier molecular flexibility index (Phi) is 2.77. The molecule has 3 N–H and O–H groups in total. The number of hydrogen-bond acceptors (Lipinski definition) is 3. The molecule has 2 aliphatic carbocycles. The van der Waals surface area contributed by atoms with Gasteiger partial charge in [0.25, 0.3) is 0 Å². The van der Waals surface area contributed by atoms with Gasteiger partial charge in [-0.05, 0) is 25.3 Å². The van der Waals surface area contributed by atoms with E-state index < -0.39 is 0 Å². The quantitative estimate of drug-likeness (QED) is 0.714. The van der Waals surface area contributed by atoms with Crippen molar-refractivity contribution in [2.24, 2.45) is 23.0 Å². The van der Waals surface area contributed by atoms with Crippen LogP contribution >= 0.6 is 0 Å². The van der Waals surface area contributed by atoms with Gasteiger partial charge in [-0.15, -0.1) is 0 Å². The molecule has 3 heteroatoms. The SMILES string of the molecule is CC1(C)C2OCCC2C1(N)CNCCC1CC1. The van der Waals surface area contributed by atoms with Crippen LogP contribution in [-0.4, -0.2) is 31.3 Å². The van der Waals surface area contributed by atoms with Crippen LogP contribution in [0.1, 0.15) is 39.5 Å². The van der Waals surface area contributed by atoms with Crippen LogP contribution in [0.2, 0.25) is 0 Å². The second-order valence-electron chi connectivity index (χ2n) is 6.86. The molecule has 0 spiro atoms. The Bertz CT molecular complexity index is 301. The van der Waals surface area contributed by atoms with Gasteiger partial charge in [-0.1, -0.05) is 26.7 Å². The molecular formula is C14H26N2O. The van der Waals surface area contributed by atoms with Gasteiger partial charge in [0.05, 0.1) is 6.10 Å². The Hall–Kier alpha value is -0.120. The van der Waals surface area contributed by atoms with E-state index in [0.717, 1.165) is 32.0 Å². The fourth-order valence-corrected chi connectivity index (χ4v) is 3.84. The van der Waals surface area contributed by atoms with E-state index >= 15 is 0 Å². The molecular weight excluding hydrogens is 212 g/mol. The molecule has 98 valence electrons. The lowest BCUT2D eigenvalue weighted by atomic mass is 9.48. The van der Waals surface area contributed by atoms with Crippen LogP contribution in [0.25, 0.3) is 0 Å². The first-order valence-electron chi connectivity index (χ1n) is 7.17. The van der Waals surface area contributed by atoms with Gasteiger partial charge >= 0.3 is 0 Å². The smallest absolute Gasteiger partial charge is 0.0691 e. The Balaban J connectivity index is 1.52. The molecule has 0 aromatic carbocycles. The third kappa shape index (κ3) is 1.74. The highest BCUT2D eigenvalue weighted by atomic mass is 16.5. The first-order valence-corrected chi connectivity index (χ1v) is 7.17. The van der Waals surface area contributed by atoms with E-state index in [0.29, 0.717) is 12.0 Å². The van der Waals surface area contributed by atoms with E-state index in [1.807, 2.05) is 0 Å². The van der Waals surface area contributed by atoms with Crippen LogP contribution in [0.15, 0.2) is 0 Å². The van der Waals surface area contributed by atoms with Gasteiger partial charge in [0, 0.05) is 30.0 Å². The fourth-order valence-electron chi connectivity index (χ4n) is 3.84. The summed E-state index contributed by atoms with van der Waals surface area (Å²) in [6, 6.07) is 0. The van der Waals surface area contributed by atoms with Crippen molar-refractivity contribution in [3.63, 3.8) is 0 Å². The zero-order valence-corrected chi connectivity index (χ0v) is 11.2. The molecule has 3 atom stereocenters. The van der Waals surface area contributed by atoms with Gasteiger partial charge in [-0.25, -0.2) is 0 Å². The Labute approximate surface area is 104 Å². The summed E-state index contributed by atoms with van der Waals surface area (Å²) in [5, 5.41) is 3.59. The van der Waals surface area contributed by atoms with Crippen molar-refractivity contribution in [2.75, 3.05) is 19.7 Å². The van der Waals surface area contributed by atoms with Gasteiger partial charge in [-0.2, -0.15) is 0 Å². The maximum absolute atomic E-state index is 6.66. The van der Waals surface area contributed by atoms with Crippen molar-refractivity contribution >= 4 is 0 Å². The summed E-state index contributed by atoms with van der Waals surface area (Å²) >= 11 is 0. The van der Waals surface area contributed by atoms with Crippen LogP contribution in [0.3, 0.4) is 0 Å². The highest BCUT2D eigenvalue weighted by Gasteiger charge is 2.67. The number of nitrogens with one attached hydrogen (secondary N) is 1. The van der Waals surface area contributed by atoms with E-state index in [1.165, 1.54) is 19.3 Å². The Morgan fingerprint density at radius 2 is 2.06 bits per heavy atom. The van der Waals surface area contributed by atoms with E-state index in [4.69, 9.17) is 10.5 Å². The second kappa shape index (κ2) is 3.94. The van der Waals surface area contributed by atoms with Crippen LogP contribution < -0.4 is 11.1 Å². The number of fused-ring (bicyclic) bond motifs is 1. The van der Waals surface area contributed by atoms with Crippen LogP contribution in [-0.2, 0) is 4.74 Å². The zero-order chi connectivity index (χ0) is 12.1. The van der Waals surface area contributed by atoms with E-state index in [9.17, 15) is 0 Å². The molecule has 3 fully saturated rings. The molecule has 3 unspecified atom stereocenters. The van der Waals surface area contributed by atoms with Gasteiger partial charge in [0.2, 0.25) is 0 Å². The van der Waals surface area contributed by atoms with Gasteiger partial charge < -0.3 is 15.8 Å². The van der Waals surface area contributed by atoms with Gasteiger partial charge in [0.15, 0.2) is 0 Å². The molecule has 0 bridgehead atoms. The molecule has 1 heterocycles. The molecule has 0 amide bonds. The van der Waals surface area contributed by atoms with E-state index in [1.54, 1.807) is 0 Å². The molecule has 0 aromatic rings. The molecule has 1 aliphatic heterocycles. The topological polar surface area (TPSA) is 47.3 Å². The third-order valence-corrected chi connectivity index (χ3v) is 5.51. The summed E-state index contributed by atoms with van der Waals surface area (Å²) < 4.78 is 5.81. The lowest BCUT2D eigenvalue weighted by molar-refractivity contribution is -0.153. The molecule has 3 aliphatic rings. The zero-order valence-electron chi connectivity index (χ0n) is 11.2. The standard InChI is InChI=1S/C14H26N2O/c1-13(2)12-11(6-8-17-12)14(13,15)9-16-7-5-10-3-4-10/h10-12,16H,3-9,15H2,1-2H3. The number of rotatable bonds is 5. The minimum atomic E-state index is -0.0578. The fraction of sp³-hybridized carbons (Fsp3) is 1.00. The van der Waals surface area contributed by atoms with Crippen molar-refractivity contribution in [2.45, 2.75) is 51.2 Å². The van der Waals surface area contributed by atoms with E-state index in [-0.39, 0.29) is 11.0 Å². The number of hydrogen-bond donors (Lipinski definition) is 2. The van der Waals surface area contributed by atoms with Crippen molar-refractivity contribution in [3.8, 4) is 0 Å². The first-order chi connectivity index (χ1) is 8.06. The highest BCUT2D eigenvalue weighted by molar-refractivity contribution is 5.21. The van der Waals surface area contributed by atoms with Crippen LogP contribution in [0.4, 0.5) is 0 Å². The average molecular weight is 238 g/mol. The Morgan fingerprint density at radius 1 is 1.29 bits per heavy atom. The van der Waals surface area contributed by atoms with E-state index in [2.05, 4.69) is 19.2 Å². The van der Waals surface area contributed by atoms with Crippen LogP contribution in [0.5, 0.6) is 0 Å². The Morgan fingerprint density at radius 3 is 2.76 bits per heavy atom. The predicted octanol–water partition coefficient (Wildman–Crippen LogP) is 1.52. The third-order valence-electron chi connectivity index (χ3n) is 5.51. The normalized spacial score (nSPS) is 43.2. The maximum Gasteiger partial charge on any atom is 0.0691 e. The highest BCUT2D eigenvalue weighted by Crippen LogP contribution is 2.57. The lowest BCUT2D eigenvalue weighted by Gasteiger charge is -2.62. The monoisotopic (exact) mass is 238 g/mol. The first kappa shape index (κ1) is 11.9. The van der Waals surface area contributed by atoms with Crippen molar-refractivity contribution in [3.05, 3.63) is 0 Å². The largest absolute Gasteiger partial charge is 0.377 e. The number of nitrogens with two attached hydrogens (primary N) is 1. The molecule has 0 aromatic heterocycles. The second-order valence-corrected chi connectivity index (χ2v) is 6.86. The number of ether oxygens (including phenoxy) is 1. The molecule has 17 heavy (non-hydrogen) atoms. The average Bonchev–Trinajstić information content (AvgIpc) is 2.97. The molecule has 0 radical (unpaired) electrons. The summed E-state index contributed by atoms with van der Waals surface area (Å²) in [4.78, 5) is 0. The minimum Gasteiger partial charge on any atom is -0.377 e. The summed E-state index contributed by atoms with van der Waals surface area (Å²) in [7, 11) is 0. The lowest BCUT2D eigenvalue weighted by Crippen LogP contribution is -2.78. The predicted molar refractivity (Wildman–Crippen MR) is 68.8 cm³/mol. The van der Waals surface area contributed by atoms with Gasteiger partial charge in [0.1, 0.15) is 0 Å². The van der Waals surface area contributed by atoms with Gasteiger partial charge in [-0.3, -0.25) is 0 Å².